The Balaban J connectivity index is 1.35. The highest BCUT2D eigenvalue weighted by Crippen LogP contribution is 2.33. The van der Waals surface area contributed by atoms with Crippen molar-refractivity contribution < 1.29 is 4.79 Å². The smallest absolute Gasteiger partial charge is 0.225 e. The summed E-state index contributed by atoms with van der Waals surface area (Å²) in [5.74, 6) is 1.91. The van der Waals surface area contributed by atoms with Crippen molar-refractivity contribution in [3.05, 3.63) is 71.7 Å². The van der Waals surface area contributed by atoms with Crippen molar-refractivity contribution in [2.24, 2.45) is 5.92 Å². The number of nitrogens with zero attached hydrogens (tertiary/aromatic N) is 4. The number of benzene rings is 1. The molecule has 1 aliphatic heterocycles. The maximum absolute atomic E-state index is 12.9. The number of nitrogens with one attached hydrogen (secondary N) is 1. The van der Waals surface area contributed by atoms with Crippen LogP contribution in [-0.2, 0) is 24.2 Å². The summed E-state index contributed by atoms with van der Waals surface area (Å²) >= 11 is 0. The van der Waals surface area contributed by atoms with E-state index in [2.05, 4.69) is 27.3 Å². The molecule has 1 unspecified atom stereocenters. The Morgan fingerprint density at radius 1 is 1.06 bits per heavy atom. The lowest BCUT2D eigenvalue weighted by Gasteiger charge is -2.34. The number of amides is 1. The largest absolute Gasteiger partial charge is 0.355 e. The number of aryl methyl sites for hydroxylation is 1. The first-order valence-electron chi connectivity index (χ1n) is 11.1. The summed E-state index contributed by atoms with van der Waals surface area (Å²) < 4.78 is 0. The van der Waals surface area contributed by atoms with Crippen molar-refractivity contribution in [3.63, 3.8) is 0 Å². The fourth-order valence-electron chi connectivity index (χ4n) is 4.61. The van der Waals surface area contributed by atoms with Gasteiger partial charge >= 0.3 is 0 Å². The molecule has 158 valence electrons. The third kappa shape index (κ3) is 4.29. The summed E-state index contributed by atoms with van der Waals surface area (Å²) in [6.45, 7) is 2.16. The topological polar surface area (TPSA) is 71.0 Å². The van der Waals surface area contributed by atoms with Crippen LogP contribution in [0.25, 0.3) is 11.4 Å². The first kappa shape index (κ1) is 19.7. The predicted molar refractivity (Wildman–Crippen MR) is 121 cm³/mol. The van der Waals surface area contributed by atoms with Gasteiger partial charge in [0, 0.05) is 48.8 Å². The molecule has 3 heterocycles. The number of piperidine rings is 1. The fourth-order valence-corrected chi connectivity index (χ4v) is 4.61. The second-order valence-electron chi connectivity index (χ2n) is 8.38. The molecule has 6 heteroatoms. The van der Waals surface area contributed by atoms with Crippen LogP contribution in [0.2, 0.25) is 0 Å². The standard InChI is InChI=1S/C25H27N5O/c31-25(27-16-18-7-5-13-26-15-18)20-10-6-14-30(17-20)24-21-11-4-12-22(21)28-23(29-24)19-8-2-1-3-9-19/h1-3,5,7-9,13,15,20H,4,6,10-12,14,16-17H2,(H,27,31). The number of carbonyl (C=O) groups excluding carboxylic acids is 1. The number of fused-ring (bicyclic) bond motifs is 1. The number of pyridine rings is 1. The lowest BCUT2D eigenvalue weighted by atomic mass is 9.96. The van der Waals surface area contributed by atoms with Crippen LogP contribution in [0.1, 0.15) is 36.1 Å². The van der Waals surface area contributed by atoms with E-state index in [4.69, 9.17) is 9.97 Å². The van der Waals surface area contributed by atoms with E-state index >= 15 is 0 Å². The zero-order chi connectivity index (χ0) is 21.0. The molecule has 0 spiro atoms. The van der Waals surface area contributed by atoms with Crippen LogP contribution in [0.15, 0.2) is 54.9 Å². The summed E-state index contributed by atoms with van der Waals surface area (Å²) in [7, 11) is 0. The number of hydrogen-bond acceptors (Lipinski definition) is 5. The predicted octanol–water partition coefficient (Wildman–Crippen LogP) is 3.56. The molecule has 5 rings (SSSR count). The molecule has 1 aromatic carbocycles. The van der Waals surface area contributed by atoms with Crippen molar-refractivity contribution in [3.8, 4) is 11.4 Å². The van der Waals surface area contributed by atoms with E-state index in [1.54, 1.807) is 12.4 Å². The van der Waals surface area contributed by atoms with Crippen LogP contribution in [-0.4, -0.2) is 33.9 Å². The Kier molecular flexibility index (Phi) is 5.61. The molecular weight excluding hydrogens is 386 g/mol. The molecule has 1 atom stereocenters. The minimum absolute atomic E-state index is 0.0300. The van der Waals surface area contributed by atoms with Gasteiger partial charge in [-0.15, -0.1) is 0 Å². The average molecular weight is 414 g/mol. The van der Waals surface area contributed by atoms with Gasteiger partial charge in [-0.2, -0.15) is 0 Å². The van der Waals surface area contributed by atoms with Gasteiger partial charge in [-0.1, -0.05) is 36.4 Å². The number of hydrogen-bond donors (Lipinski definition) is 1. The Bertz CT molecular complexity index is 1050. The molecule has 0 bridgehead atoms. The second kappa shape index (κ2) is 8.84. The molecule has 31 heavy (non-hydrogen) atoms. The van der Waals surface area contributed by atoms with Gasteiger partial charge in [0.1, 0.15) is 5.82 Å². The SMILES string of the molecule is O=C(NCc1cccnc1)C1CCCN(c2nc(-c3ccccc3)nc3c2CCC3)C1. The van der Waals surface area contributed by atoms with Gasteiger partial charge in [-0.3, -0.25) is 9.78 Å². The van der Waals surface area contributed by atoms with Gasteiger partial charge in [-0.25, -0.2) is 9.97 Å². The molecule has 1 fully saturated rings. The van der Waals surface area contributed by atoms with Gasteiger partial charge in [-0.05, 0) is 43.7 Å². The molecular formula is C25H27N5O. The van der Waals surface area contributed by atoms with Crippen LogP contribution in [0.5, 0.6) is 0 Å². The van der Waals surface area contributed by atoms with E-state index in [1.165, 1.54) is 11.3 Å². The van der Waals surface area contributed by atoms with Crippen LogP contribution in [0.3, 0.4) is 0 Å². The number of carbonyl (C=O) groups is 1. The molecule has 3 aromatic rings. The number of anilines is 1. The summed E-state index contributed by atoms with van der Waals surface area (Å²) in [5, 5.41) is 3.09. The highest BCUT2D eigenvalue weighted by Gasteiger charge is 2.30. The van der Waals surface area contributed by atoms with E-state index in [0.29, 0.717) is 13.1 Å². The van der Waals surface area contributed by atoms with E-state index in [1.807, 2.05) is 30.3 Å². The van der Waals surface area contributed by atoms with Crippen LogP contribution in [0, 0.1) is 5.92 Å². The van der Waals surface area contributed by atoms with Gasteiger partial charge in [0.15, 0.2) is 5.82 Å². The highest BCUT2D eigenvalue weighted by atomic mass is 16.1. The third-order valence-electron chi connectivity index (χ3n) is 6.22. The van der Waals surface area contributed by atoms with Crippen LogP contribution in [0.4, 0.5) is 5.82 Å². The van der Waals surface area contributed by atoms with Crippen LogP contribution < -0.4 is 10.2 Å². The molecule has 6 nitrogen and oxygen atoms in total. The molecule has 1 amide bonds. The minimum Gasteiger partial charge on any atom is -0.355 e. The normalized spacial score (nSPS) is 17.9. The van der Waals surface area contributed by atoms with Gasteiger partial charge in [0.25, 0.3) is 0 Å². The Hall–Kier alpha value is -3.28. The summed E-state index contributed by atoms with van der Waals surface area (Å²) in [4.78, 5) is 29.2. The Morgan fingerprint density at radius 2 is 1.97 bits per heavy atom. The maximum atomic E-state index is 12.9. The van der Waals surface area contributed by atoms with Crippen molar-refractivity contribution in [1.82, 2.24) is 20.3 Å². The van der Waals surface area contributed by atoms with Crippen molar-refractivity contribution in [2.45, 2.75) is 38.6 Å². The van der Waals surface area contributed by atoms with E-state index < -0.39 is 0 Å². The zero-order valence-electron chi connectivity index (χ0n) is 17.6. The number of rotatable bonds is 5. The highest BCUT2D eigenvalue weighted by molar-refractivity contribution is 5.79. The molecule has 1 saturated heterocycles. The summed E-state index contributed by atoms with van der Waals surface area (Å²) in [6, 6.07) is 14.1. The van der Waals surface area contributed by atoms with Crippen molar-refractivity contribution >= 4 is 11.7 Å². The van der Waals surface area contributed by atoms with Crippen LogP contribution >= 0.6 is 0 Å². The lowest BCUT2D eigenvalue weighted by molar-refractivity contribution is -0.125. The average Bonchev–Trinajstić information content (AvgIpc) is 3.32. The Labute approximate surface area is 182 Å². The fraction of sp³-hybridized carbons (Fsp3) is 0.360. The van der Waals surface area contributed by atoms with Gasteiger partial charge < -0.3 is 10.2 Å². The maximum Gasteiger partial charge on any atom is 0.225 e. The van der Waals surface area contributed by atoms with Gasteiger partial charge in [0.05, 0.1) is 5.92 Å². The summed E-state index contributed by atoms with van der Waals surface area (Å²) in [5.41, 5.74) is 4.51. The van der Waals surface area contributed by atoms with E-state index in [-0.39, 0.29) is 11.8 Å². The molecule has 1 N–H and O–H groups in total. The molecule has 0 radical (unpaired) electrons. The summed E-state index contributed by atoms with van der Waals surface area (Å²) in [6.07, 6.45) is 8.59. The first-order valence-corrected chi connectivity index (χ1v) is 11.1. The Morgan fingerprint density at radius 3 is 2.81 bits per heavy atom. The third-order valence-corrected chi connectivity index (χ3v) is 6.22. The van der Waals surface area contributed by atoms with E-state index in [9.17, 15) is 4.79 Å². The van der Waals surface area contributed by atoms with E-state index in [0.717, 1.165) is 61.4 Å². The minimum atomic E-state index is -0.0300. The molecule has 2 aromatic heterocycles. The molecule has 0 saturated carbocycles. The lowest BCUT2D eigenvalue weighted by Crippen LogP contribution is -2.43. The first-order chi connectivity index (χ1) is 15.3. The van der Waals surface area contributed by atoms with Crippen molar-refractivity contribution in [1.29, 1.82) is 0 Å². The number of aromatic nitrogens is 3. The second-order valence-corrected chi connectivity index (χ2v) is 8.38. The zero-order valence-corrected chi connectivity index (χ0v) is 17.6. The monoisotopic (exact) mass is 413 g/mol. The molecule has 2 aliphatic rings. The molecule has 1 aliphatic carbocycles. The quantitative estimate of drug-likeness (QED) is 0.693. The van der Waals surface area contributed by atoms with Crippen molar-refractivity contribution in [2.75, 3.05) is 18.0 Å². The van der Waals surface area contributed by atoms with Gasteiger partial charge in [0.2, 0.25) is 5.91 Å².